The van der Waals surface area contributed by atoms with Gasteiger partial charge in [0.1, 0.15) is 0 Å². The molecule has 1 rings (SSSR count). The second-order valence-electron chi connectivity index (χ2n) is 2.41. The molecule has 0 radical (unpaired) electrons. The summed E-state index contributed by atoms with van der Waals surface area (Å²) >= 11 is -1.72. The third-order valence-corrected chi connectivity index (χ3v) is 7.75. The van der Waals surface area contributed by atoms with Crippen LogP contribution >= 0.6 is 0 Å². The van der Waals surface area contributed by atoms with Crippen molar-refractivity contribution in [3.63, 3.8) is 0 Å². The Morgan fingerprint density at radius 1 is 1.00 bits per heavy atom. The van der Waals surface area contributed by atoms with Crippen LogP contribution in [0.15, 0.2) is 0 Å². The molecule has 10 heavy (non-hydrogen) atoms. The zero-order valence-electron chi connectivity index (χ0n) is 6.54. The van der Waals surface area contributed by atoms with Crippen LogP contribution in [-0.2, 0) is 7.45 Å². The molecular weight excluding hydrogens is 254 g/mol. The first kappa shape index (κ1) is 9.13. The molecule has 0 bridgehead atoms. The Labute approximate surface area is 72.5 Å². The summed E-state index contributed by atoms with van der Waals surface area (Å²) in [6.07, 6.45) is 0. The summed E-state index contributed by atoms with van der Waals surface area (Å²) in [5.74, 6) is 0. The molecule has 1 saturated heterocycles. The van der Waals surface area contributed by atoms with Gasteiger partial charge in [-0.2, -0.15) is 0 Å². The molecule has 2 nitrogen and oxygen atoms in total. The van der Waals surface area contributed by atoms with Gasteiger partial charge in [-0.25, -0.2) is 0 Å². The average Bonchev–Trinajstić information content (AvgIpc) is 1.84. The number of rotatable bonds is 0. The van der Waals surface area contributed by atoms with E-state index in [-0.39, 0.29) is 0 Å². The predicted octanol–water partition coefficient (Wildman–Crippen LogP) is 1.28. The van der Waals surface area contributed by atoms with Gasteiger partial charge in [-0.3, -0.25) is 0 Å². The fourth-order valence-corrected chi connectivity index (χ4v) is 5.93. The van der Waals surface area contributed by atoms with E-state index in [4.69, 9.17) is 7.45 Å². The molecule has 0 unspecified atom stereocenters. The van der Waals surface area contributed by atoms with Gasteiger partial charge in [0.25, 0.3) is 0 Å². The molecule has 0 atom stereocenters. The number of hydrogen-bond donors (Lipinski definition) is 0. The fraction of sp³-hybridized carbons (Fsp3) is 1.00. The van der Waals surface area contributed by atoms with Gasteiger partial charge < -0.3 is 0 Å². The van der Waals surface area contributed by atoms with E-state index in [0.717, 1.165) is 13.2 Å². The van der Waals surface area contributed by atoms with Crippen molar-refractivity contribution in [2.75, 3.05) is 13.2 Å². The second-order valence-corrected chi connectivity index (χ2v) is 10.8. The van der Waals surface area contributed by atoms with Crippen LogP contribution in [-0.4, -0.2) is 43.2 Å². The SMILES string of the molecule is C[As]1CCO[As](C)OCC1. The topological polar surface area (TPSA) is 18.5 Å². The molecule has 1 aliphatic heterocycles. The van der Waals surface area contributed by atoms with Crippen molar-refractivity contribution in [1.29, 1.82) is 0 Å². The molecule has 1 fully saturated rings. The second kappa shape index (κ2) is 4.82. The van der Waals surface area contributed by atoms with E-state index in [2.05, 4.69) is 11.4 Å². The van der Waals surface area contributed by atoms with E-state index in [1.54, 1.807) is 0 Å². The maximum atomic E-state index is 5.51. The first-order valence-corrected chi connectivity index (χ1v) is 11.4. The van der Waals surface area contributed by atoms with Crippen molar-refractivity contribution in [2.24, 2.45) is 0 Å². The minimum atomic E-state index is -1.23. The molecule has 60 valence electrons. The monoisotopic (exact) mass is 268 g/mol. The molecule has 0 aromatic rings. The summed E-state index contributed by atoms with van der Waals surface area (Å²) in [5, 5.41) is 2.71. The third kappa shape index (κ3) is 3.43. The molecule has 0 N–H and O–H groups in total. The van der Waals surface area contributed by atoms with Gasteiger partial charge in [0.2, 0.25) is 0 Å². The van der Waals surface area contributed by atoms with E-state index in [0.29, 0.717) is 0 Å². The summed E-state index contributed by atoms with van der Waals surface area (Å²) in [4.78, 5) is 0. The van der Waals surface area contributed by atoms with Gasteiger partial charge in [0.05, 0.1) is 0 Å². The van der Waals surface area contributed by atoms with Gasteiger partial charge in [0.15, 0.2) is 0 Å². The van der Waals surface area contributed by atoms with Crippen molar-refractivity contribution in [3.05, 3.63) is 0 Å². The van der Waals surface area contributed by atoms with Crippen LogP contribution in [0, 0.1) is 0 Å². The number of hydrogen-bond acceptors (Lipinski definition) is 2. The zero-order chi connectivity index (χ0) is 7.40. The van der Waals surface area contributed by atoms with Crippen LogP contribution in [0.25, 0.3) is 0 Å². The van der Waals surface area contributed by atoms with Gasteiger partial charge in [-0.15, -0.1) is 0 Å². The van der Waals surface area contributed by atoms with Crippen LogP contribution in [0.3, 0.4) is 0 Å². The van der Waals surface area contributed by atoms with Crippen LogP contribution in [0.1, 0.15) is 0 Å². The molecular formula is C6H14As2O2. The first-order valence-electron chi connectivity index (χ1n) is 3.47. The maximum absolute atomic E-state index is 5.51. The Bertz CT molecular complexity index is 79.7. The third-order valence-electron chi connectivity index (χ3n) is 1.49. The molecule has 4 heteroatoms. The Balaban J connectivity index is 2.21. The molecule has 0 amide bonds. The van der Waals surface area contributed by atoms with Crippen molar-refractivity contribution in [2.45, 2.75) is 21.8 Å². The average molecular weight is 268 g/mol. The zero-order valence-corrected chi connectivity index (χ0v) is 10.3. The van der Waals surface area contributed by atoms with Crippen LogP contribution < -0.4 is 0 Å². The fourth-order valence-electron chi connectivity index (χ4n) is 0.800. The summed E-state index contributed by atoms with van der Waals surface area (Å²) in [6.45, 7) is 1.96. The van der Waals surface area contributed by atoms with Gasteiger partial charge in [-0.1, -0.05) is 0 Å². The standard InChI is InChI=1S/C6H14As2O2/c1-7-3-5-9-8(2)10-6-4-7/h3-6H2,1-2H3. The van der Waals surface area contributed by atoms with Crippen molar-refractivity contribution in [3.8, 4) is 0 Å². The summed E-state index contributed by atoms with van der Waals surface area (Å²) in [7, 11) is 0. The first-order chi connectivity index (χ1) is 4.79. The molecule has 0 spiro atoms. The molecule has 1 aliphatic rings. The summed E-state index contributed by atoms with van der Waals surface area (Å²) in [5.41, 5.74) is 4.52. The Morgan fingerprint density at radius 3 is 2.00 bits per heavy atom. The quantitative estimate of drug-likeness (QED) is 0.616. The normalized spacial score (nSPS) is 36.6. The minimum absolute atomic E-state index is 0.483. The van der Waals surface area contributed by atoms with Crippen LogP contribution in [0.4, 0.5) is 0 Å². The van der Waals surface area contributed by atoms with E-state index in [9.17, 15) is 0 Å². The summed E-state index contributed by atoms with van der Waals surface area (Å²) < 4.78 is 11.0. The van der Waals surface area contributed by atoms with E-state index in [1.807, 2.05) is 0 Å². The van der Waals surface area contributed by atoms with Crippen molar-refractivity contribution >= 4 is 30.0 Å². The van der Waals surface area contributed by atoms with Crippen LogP contribution in [0.5, 0.6) is 0 Å². The molecule has 0 saturated carbocycles. The van der Waals surface area contributed by atoms with Gasteiger partial charge >= 0.3 is 72.5 Å². The Hall–Kier alpha value is 1.04. The molecule has 0 aromatic carbocycles. The van der Waals surface area contributed by atoms with Gasteiger partial charge in [-0.05, 0) is 0 Å². The van der Waals surface area contributed by atoms with Gasteiger partial charge in [0, 0.05) is 0 Å². The summed E-state index contributed by atoms with van der Waals surface area (Å²) in [6, 6.07) is 0. The van der Waals surface area contributed by atoms with E-state index >= 15 is 0 Å². The molecule has 1 heterocycles. The molecule has 0 aromatic heterocycles. The van der Waals surface area contributed by atoms with Crippen LogP contribution in [0.2, 0.25) is 21.8 Å². The predicted molar refractivity (Wildman–Crippen MR) is 44.8 cm³/mol. The van der Waals surface area contributed by atoms with E-state index in [1.165, 1.54) is 10.4 Å². The van der Waals surface area contributed by atoms with Crippen molar-refractivity contribution in [1.82, 2.24) is 0 Å². The Morgan fingerprint density at radius 2 is 1.50 bits per heavy atom. The molecule has 0 aliphatic carbocycles. The Kier molecular flexibility index (Phi) is 4.40. The van der Waals surface area contributed by atoms with E-state index < -0.39 is 30.0 Å². The van der Waals surface area contributed by atoms with Crippen molar-refractivity contribution < 1.29 is 7.45 Å².